The number of nitrogens with zero attached hydrogens (tertiary/aromatic N) is 4. The van der Waals surface area contributed by atoms with Crippen LogP contribution in [0.4, 0.5) is 15.2 Å². The largest absolute Gasteiger partial charge is 0.497 e. The lowest BCUT2D eigenvalue weighted by atomic mass is 9.76. The van der Waals surface area contributed by atoms with E-state index in [2.05, 4.69) is 37.5 Å². The number of carbonyl (C=O) groups excluding carboxylic acids is 2. The summed E-state index contributed by atoms with van der Waals surface area (Å²) in [5.41, 5.74) is 9.08. The van der Waals surface area contributed by atoms with Crippen molar-refractivity contribution in [3.63, 3.8) is 0 Å². The van der Waals surface area contributed by atoms with Gasteiger partial charge in [0.25, 0.3) is 0 Å². The van der Waals surface area contributed by atoms with Gasteiger partial charge in [-0.15, -0.1) is 10.2 Å². The lowest BCUT2D eigenvalue weighted by molar-refractivity contribution is -0.116. The normalized spacial score (nSPS) is 17.0. The molecule has 1 atom stereocenters. The van der Waals surface area contributed by atoms with E-state index >= 15 is 0 Å². The molecule has 0 radical (unpaired) electrons. The summed E-state index contributed by atoms with van der Waals surface area (Å²) in [6.07, 6.45) is 1.51. The van der Waals surface area contributed by atoms with E-state index in [0.717, 1.165) is 0 Å². The van der Waals surface area contributed by atoms with Crippen molar-refractivity contribution < 1.29 is 18.7 Å². The van der Waals surface area contributed by atoms with E-state index in [9.17, 15) is 19.2 Å². The molecule has 1 unspecified atom stereocenters. The molecule has 3 aromatic rings. The molecule has 0 spiro atoms. The third kappa shape index (κ3) is 5.47. The highest BCUT2D eigenvalue weighted by atomic mass is 79.9. The van der Waals surface area contributed by atoms with Crippen LogP contribution in [-0.2, 0) is 9.59 Å². The van der Waals surface area contributed by atoms with Crippen LogP contribution in [0.1, 0.15) is 30.7 Å². The van der Waals surface area contributed by atoms with Crippen LogP contribution in [0.2, 0.25) is 0 Å². The first kappa shape index (κ1) is 27.8. The maximum absolute atomic E-state index is 14.0. The molecule has 5 rings (SSSR count). The van der Waals surface area contributed by atoms with E-state index in [4.69, 9.17) is 10.5 Å². The number of ketones is 1. The summed E-state index contributed by atoms with van der Waals surface area (Å²) in [5, 5.41) is 21.8. The number of aromatic nitrogens is 2. The number of thioether (sulfide) groups is 1. The van der Waals surface area contributed by atoms with Gasteiger partial charge in [0.2, 0.25) is 11.0 Å². The zero-order chi connectivity index (χ0) is 28.4. The van der Waals surface area contributed by atoms with Gasteiger partial charge in [-0.25, -0.2) is 4.39 Å². The molecule has 2 heterocycles. The Morgan fingerprint density at radius 2 is 2.08 bits per heavy atom. The smallest absolute Gasteiger partial charge is 0.234 e. The van der Waals surface area contributed by atoms with Gasteiger partial charge in [0, 0.05) is 23.4 Å². The van der Waals surface area contributed by atoms with Gasteiger partial charge in [-0.05, 0) is 70.7 Å². The summed E-state index contributed by atoms with van der Waals surface area (Å²) in [4.78, 5) is 27.3. The second kappa shape index (κ2) is 11.8. The minimum Gasteiger partial charge on any atom is -0.497 e. The molecule has 3 N–H and O–H groups in total. The molecular formula is C27H22BrFN6O3S2. The summed E-state index contributed by atoms with van der Waals surface area (Å²) in [6, 6.07) is 13.6. The van der Waals surface area contributed by atoms with Crippen LogP contribution in [0, 0.1) is 17.1 Å². The number of carbonyl (C=O) groups is 2. The molecule has 204 valence electrons. The summed E-state index contributed by atoms with van der Waals surface area (Å²) < 4.78 is 19.9. The molecule has 0 saturated heterocycles. The third-order valence-corrected chi connectivity index (χ3v) is 9.13. The van der Waals surface area contributed by atoms with Gasteiger partial charge in [0.05, 0.1) is 34.9 Å². The average Bonchev–Trinajstić information content (AvgIpc) is 3.42. The number of nitrogens with one attached hydrogen (secondary N) is 1. The maximum atomic E-state index is 14.0. The van der Waals surface area contributed by atoms with Crippen LogP contribution in [0.25, 0.3) is 0 Å². The number of hydrogen-bond acceptors (Lipinski definition) is 10. The van der Waals surface area contributed by atoms with Crippen LogP contribution >= 0.6 is 39.0 Å². The number of hydrogen-bond donors (Lipinski definition) is 2. The first-order chi connectivity index (χ1) is 19.3. The fraction of sp³-hybridized carbons (Fsp3) is 0.222. The molecule has 40 heavy (non-hydrogen) atoms. The number of benzene rings is 2. The Balaban J connectivity index is 1.40. The summed E-state index contributed by atoms with van der Waals surface area (Å²) >= 11 is 5.63. The molecule has 1 aromatic heterocycles. The summed E-state index contributed by atoms with van der Waals surface area (Å²) in [7, 11) is 1.57. The highest BCUT2D eigenvalue weighted by molar-refractivity contribution is 9.10. The lowest BCUT2D eigenvalue weighted by Gasteiger charge is -2.38. The minimum absolute atomic E-state index is 0.0914. The standard InChI is InChI=1S/C27H22BrFN6O3S2/c1-38-16-8-6-15(7-9-16)32-22(37)13-39-27-34-33-26(40-27)35-20-3-2-4-21(36)24(20)23(17(12-30)25(35)31)14-5-10-19(29)18(28)11-14/h5-11,23H,2-4,13,31H2,1H3,(H,32,37). The van der Waals surface area contributed by atoms with Crippen molar-refractivity contribution in [3.8, 4) is 11.8 Å². The van der Waals surface area contributed by atoms with Crippen molar-refractivity contribution in [1.29, 1.82) is 5.26 Å². The molecule has 1 amide bonds. The zero-order valence-electron chi connectivity index (χ0n) is 21.1. The minimum atomic E-state index is -0.718. The molecule has 2 aromatic carbocycles. The van der Waals surface area contributed by atoms with Gasteiger partial charge in [-0.2, -0.15) is 5.26 Å². The first-order valence-corrected chi connectivity index (χ1v) is 14.7. The third-order valence-electron chi connectivity index (χ3n) is 6.48. The van der Waals surface area contributed by atoms with Gasteiger partial charge < -0.3 is 15.8 Å². The lowest BCUT2D eigenvalue weighted by Crippen LogP contribution is -2.38. The van der Waals surface area contributed by atoms with E-state index < -0.39 is 11.7 Å². The second-order valence-corrected chi connectivity index (χ2v) is 11.9. The molecule has 9 nitrogen and oxygen atoms in total. The maximum Gasteiger partial charge on any atom is 0.234 e. The molecule has 1 aliphatic carbocycles. The monoisotopic (exact) mass is 640 g/mol. The van der Waals surface area contributed by atoms with Crippen molar-refractivity contribution in [2.75, 3.05) is 23.1 Å². The number of methoxy groups -OCH3 is 1. The van der Waals surface area contributed by atoms with E-state index in [1.165, 1.54) is 29.2 Å². The zero-order valence-corrected chi connectivity index (χ0v) is 24.3. The van der Waals surface area contributed by atoms with Gasteiger partial charge in [0.15, 0.2) is 10.1 Å². The Morgan fingerprint density at radius 1 is 1.30 bits per heavy atom. The quantitative estimate of drug-likeness (QED) is 0.322. The molecule has 0 saturated carbocycles. The number of Topliss-reactive ketones (excluding diaryl/α,β-unsaturated/α-hetero) is 1. The van der Waals surface area contributed by atoms with Crippen molar-refractivity contribution in [2.24, 2.45) is 5.73 Å². The van der Waals surface area contributed by atoms with Crippen molar-refractivity contribution >= 4 is 61.5 Å². The SMILES string of the molecule is COc1ccc(NC(=O)CSc2nnc(N3C(N)=C(C#N)C(c4ccc(F)c(Br)c4)C4=C3CCCC4=O)s2)cc1. The van der Waals surface area contributed by atoms with Gasteiger partial charge in [-0.1, -0.05) is 29.2 Å². The fourth-order valence-corrected chi connectivity index (χ4v) is 6.76. The van der Waals surface area contributed by atoms with Crippen LogP contribution in [-0.4, -0.2) is 34.8 Å². The summed E-state index contributed by atoms with van der Waals surface area (Å²) in [6.45, 7) is 0. The van der Waals surface area contributed by atoms with Crippen LogP contribution in [0.15, 0.2) is 73.9 Å². The predicted octanol–water partition coefficient (Wildman–Crippen LogP) is 5.48. The number of anilines is 2. The van der Waals surface area contributed by atoms with E-state index in [1.807, 2.05) is 0 Å². The first-order valence-electron chi connectivity index (χ1n) is 12.1. The molecule has 0 fully saturated rings. The fourth-order valence-electron chi connectivity index (χ4n) is 4.68. The Hall–Kier alpha value is -3.73. The van der Waals surface area contributed by atoms with E-state index in [1.54, 1.807) is 48.4 Å². The molecule has 0 bridgehead atoms. The summed E-state index contributed by atoms with van der Waals surface area (Å²) in [5.74, 6) is -0.538. The van der Waals surface area contributed by atoms with E-state index in [0.29, 0.717) is 57.0 Å². The molecular weight excluding hydrogens is 619 g/mol. The number of halogens is 2. The number of nitriles is 1. The van der Waals surface area contributed by atoms with Crippen molar-refractivity contribution in [1.82, 2.24) is 10.2 Å². The van der Waals surface area contributed by atoms with Crippen LogP contribution in [0.3, 0.4) is 0 Å². The number of allylic oxidation sites excluding steroid dienone is 3. The Kier molecular flexibility index (Phi) is 8.20. The van der Waals surface area contributed by atoms with E-state index in [-0.39, 0.29) is 33.3 Å². The second-order valence-electron chi connectivity index (χ2n) is 8.91. The molecule has 13 heteroatoms. The highest BCUT2D eigenvalue weighted by Gasteiger charge is 2.41. The number of ether oxygens (including phenoxy) is 1. The number of nitrogens with two attached hydrogens (primary N) is 1. The van der Waals surface area contributed by atoms with Crippen molar-refractivity contribution in [2.45, 2.75) is 29.5 Å². The van der Waals surface area contributed by atoms with Gasteiger partial charge in [0.1, 0.15) is 17.4 Å². The van der Waals surface area contributed by atoms with Crippen molar-refractivity contribution in [3.05, 3.63) is 81.0 Å². The predicted molar refractivity (Wildman–Crippen MR) is 154 cm³/mol. The van der Waals surface area contributed by atoms with Crippen LogP contribution < -0.4 is 20.7 Å². The number of rotatable bonds is 7. The Labute approximate surface area is 246 Å². The topological polar surface area (TPSA) is 134 Å². The Morgan fingerprint density at radius 3 is 2.77 bits per heavy atom. The van der Waals surface area contributed by atoms with Gasteiger partial charge in [-0.3, -0.25) is 14.5 Å². The van der Waals surface area contributed by atoms with Crippen LogP contribution in [0.5, 0.6) is 5.75 Å². The average molecular weight is 642 g/mol. The van der Waals surface area contributed by atoms with Gasteiger partial charge >= 0.3 is 0 Å². The highest BCUT2D eigenvalue weighted by Crippen LogP contribution is 2.47. The molecule has 1 aliphatic heterocycles. The number of amides is 1. The Bertz CT molecular complexity index is 1600. The molecule has 2 aliphatic rings.